The molecule has 2 aliphatic rings. The molecule has 2 fully saturated rings. The molecule has 3 aromatic rings. The monoisotopic (exact) mass is 479 g/mol. The summed E-state index contributed by atoms with van der Waals surface area (Å²) >= 11 is 0. The van der Waals surface area contributed by atoms with E-state index in [0.29, 0.717) is 25.1 Å². The lowest BCUT2D eigenvalue weighted by Gasteiger charge is -2.29. The lowest BCUT2D eigenvalue weighted by atomic mass is 10.0. The number of hydrogen-bond acceptors (Lipinski definition) is 5. The molecule has 2 aliphatic heterocycles. The minimum atomic E-state index is -4.03. The Hall–Kier alpha value is -3.12. The second kappa shape index (κ2) is 8.03. The Balaban J connectivity index is 1.52. The number of benzene rings is 1. The van der Waals surface area contributed by atoms with Gasteiger partial charge >= 0.3 is 10.2 Å². The van der Waals surface area contributed by atoms with Gasteiger partial charge in [-0.2, -0.15) is 17.8 Å². The van der Waals surface area contributed by atoms with Crippen LogP contribution in [-0.4, -0.2) is 54.1 Å². The summed E-state index contributed by atoms with van der Waals surface area (Å²) in [5, 5.41) is 3.95. The van der Waals surface area contributed by atoms with Crippen LogP contribution >= 0.6 is 0 Å². The minimum Gasteiger partial charge on any atom is -0.359 e. The normalized spacial score (nSPS) is 21.4. The molecule has 1 amide bonds. The minimum absolute atomic E-state index is 0.0112. The smallest absolute Gasteiger partial charge is 0.304 e. The number of hydrogen-bond donors (Lipinski definition) is 1. The van der Waals surface area contributed by atoms with E-state index >= 15 is 4.39 Å². The first-order valence-electron chi connectivity index (χ1n) is 10.4. The SMILES string of the molecule is O=C(NS(=O)(=O)N1CCC1)c1cnn2ccc(N3C[C@@H](F)C[C@@H]3c3cccc(F)c3)c(F)c12. The molecule has 2 atom stereocenters. The molecule has 1 aromatic carbocycles. The summed E-state index contributed by atoms with van der Waals surface area (Å²) in [5.74, 6) is -2.35. The number of alkyl halides is 1. The average Bonchev–Trinajstić information content (AvgIpc) is 3.30. The van der Waals surface area contributed by atoms with E-state index in [0.717, 1.165) is 15.0 Å². The Labute approximate surface area is 187 Å². The summed E-state index contributed by atoms with van der Waals surface area (Å²) in [4.78, 5) is 14.2. The van der Waals surface area contributed by atoms with Gasteiger partial charge in [0, 0.05) is 32.3 Å². The lowest BCUT2D eigenvalue weighted by molar-refractivity contribution is 0.0979. The molecule has 8 nitrogen and oxygen atoms in total. The van der Waals surface area contributed by atoms with Gasteiger partial charge in [0.25, 0.3) is 5.91 Å². The summed E-state index contributed by atoms with van der Waals surface area (Å²) in [7, 11) is -4.03. The van der Waals surface area contributed by atoms with E-state index in [-0.39, 0.29) is 29.7 Å². The first kappa shape index (κ1) is 21.7. The number of fused-ring (bicyclic) bond motifs is 1. The van der Waals surface area contributed by atoms with Crippen LogP contribution in [0.3, 0.4) is 0 Å². The van der Waals surface area contributed by atoms with Crippen molar-refractivity contribution in [3.63, 3.8) is 0 Å². The number of amides is 1. The molecule has 0 saturated carbocycles. The largest absolute Gasteiger partial charge is 0.359 e. The number of nitrogens with one attached hydrogen (secondary N) is 1. The molecule has 0 aliphatic carbocycles. The molecule has 5 rings (SSSR count). The van der Waals surface area contributed by atoms with E-state index in [9.17, 15) is 22.0 Å². The van der Waals surface area contributed by atoms with Crippen molar-refractivity contribution in [1.82, 2.24) is 18.6 Å². The Morgan fingerprint density at radius 2 is 1.97 bits per heavy atom. The van der Waals surface area contributed by atoms with E-state index in [1.807, 2.05) is 4.72 Å². The zero-order valence-corrected chi connectivity index (χ0v) is 18.1. The van der Waals surface area contributed by atoms with Crippen molar-refractivity contribution in [1.29, 1.82) is 0 Å². The van der Waals surface area contributed by atoms with E-state index in [2.05, 4.69) is 5.10 Å². The van der Waals surface area contributed by atoms with Crippen molar-refractivity contribution in [3.8, 4) is 0 Å². The van der Waals surface area contributed by atoms with Crippen molar-refractivity contribution in [2.75, 3.05) is 24.5 Å². The van der Waals surface area contributed by atoms with Crippen molar-refractivity contribution in [2.24, 2.45) is 0 Å². The third-order valence-electron chi connectivity index (χ3n) is 6.02. The molecule has 0 spiro atoms. The van der Waals surface area contributed by atoms with Gasteiger partial charge in [0.05, 0.1) is 23.5 Å². The highest BCUT2D eigenvalue weighted by molar-refractivity contribution is 7.87. The first-order valence-corrected chi connectivity index (χ1v) is 11.8. The van der Waals surface area contributed by atoms with E-state index in [1.165, 1.54) is 35.4 Å². The predicted octanol–water partition coefficient (Wildman–Crippen LogP) is 2.58. The Kier molecular flexibility index (Phi) is 5.28. The van der Waals surface area contributed by atoms with Crippen LogP contribution in [0.2, 0.25) is 0 Å². The van der Waals surface area contributed by atoms with Crippen LogP contribution in [0.25, 0.3) is 5.52 Å². The molecule has 2 saturated heterocycles. The first-order chi connectivity index (χ1) is 15.7. The van der Waals surface area contributed by atoms with Gasteiger partial charge in [-0.1, -0.05) is 12.1 Å². The number of anilines is 1. The van der Waals surface area contributed by atoms with E-state index in [1.54, 1.807) is 6.07 Å². The van der Waals surface area contributed by atoms with Gasteiger partial charge in [-0.3, -0.25) is 4.79 Å². The quantitative estimate of drug-likeness (QED) is 0.608. The molecule has 0 unspecified atom stereocenters. The van der Waals surface area contributed by atoms with Crippen molar-refractivity contribution in [2.45, 2.75) is 25.1 Å². The van der Waals surface area contributed by atoms with Gasteiger partial charge in [0.2, 0.25) is 0 Å². The molecule has 33 heavy (non-hydrogen) atoms. The molecule has 0 bridgehead atoms. The maximum atomic E-state index is 15.7. The fourth-order valence-electron chi connectivity index (χ4n) is 4.26. The highest BCUT2D eigenvalue weighted by Crippen LogP contribution is 2.39. The molecule has 2 aromatic heterocycles. The number of nitrogens with zero attached hydrogens (tertiary/aromatic N) is 4. The fraction of sp³-hybridized carbons (Fsp3) is 0.333. The van der Waals surface area contributed by atoms with Gasteiger partial charge in [-0.15, -0.1) is 0 Å². The van der Waals surface area contributed by atoms with E-state index < -0.39 is 40.0 Å². The van der Waals surface area contributed by atoms with Crippen LogP contribution in [0.4, 0.5) is 18.9 Å². The van der Waals surface area contributed by atoms with Crippen LogP contribution in [0.1, 0.15) is 34.8 Å². The number of carbonyl (C=O) groups excluding carboxylic acids is 1. The van der Waals surface area contributed by atoms with Gasteiger partial charge in [0.15, 0.2) is 5.82 Å². The van der Waals surface area contributed by atoms with Crippen LogP contribution in [0, 0.1) is 11.6 Å². The Morgan fingerprint density at radius 1 is 1.18 bits per heavy atom. The number of pyridine rings is 1. The van der Waals surface area contributed by atoms with Gasteiger partial charge in [-0.05, 0) is 30.2 Å². The maximum absolute atomic E-state index is 15.7. The van der Waals surface area contributed by atoms with Crippen LogP contribution < -0.4 is 9.62 Å². The van der Waals surface area contributed by atoms with Gasteiger partial charge in [0.1, 0.15) is 17.5 Å². The lowest BCUT2D eigenvalue weighted by Crippen LogP contribution is -2.49. The zero-order valence-electron chi connectivity index (χ0n) is 17.3. The molecule has 174 valence electrons. The zero-order chi connectivity index (χ0) is 23.3. The Bertz CT molecular complexity index is 1340. The topological polar surface area (TPSA) is 87.0 Å². The number of aromatic nitrogens is 2. The van der Waals surface area contributed by atoms with Crippen LogP contribution in [-0.2, 0) is 10.2 Å². The van der Waals surface area contributed by atoms with Crippen LogP contribution in [0.5, 0.6) is 0 Å². The third-order valence-corrected chi connectivity index (χ3v) is 7.50. The molecule has 1 N–H and O–H groups in total. The maximum Gasteiger partial charge on any atom is 0.304 e. The van der Waals surface area contributed by atoms with Gasteiger partial charge in [-0.25, -0.2) is 22.4 Å². The predicted molar refractivity (Wildman–Crippen MR) is 114 cm³/mol. The van der Waals surface area contributed by atoms with Gasteiger partial charge < -0.3 is 4.90 Å². The Morgan fingerprint density at radius 3 is 2.67 bits per heavy atom. The third kappa shape index (κ3) is 3.82. The number of rotatable bonds is 5. The summed E-state index contributed by atoms with van der Waals surface area (Å²) < 4.78 is 72.5. The number of halogens is 3. The number of carbonyl (C=O) groups is 1. The molecular weight excluding hydrogens is 459 g/mol. The molecule has 4 heterocycles. The molecule has 12 heteroatoms. The highest BCUT2D eigenvalue weighted by atomic mass is 32.2. The summed E-state index contributed by atoms with van der Waals surface area (Å²) in [6.07, 6.45) is 1.97. The van der Waals surface area contributed by atoms with Crippen molar-refractivity contribution in [3.05, 3.63) is 65.5 Å². The highest BCUT2D eigenvalue weighted by Gasteiger charge is 2.36. The van der Waals surface area contributed by atoms with Crippen molar-refractivity contribution < 1.29 is 26.4 Å². The summed E-state index contributed by atoms with van der Waals surface area (Å²) in [6.45, 7) is 0.487. The fourth-order valence-corrected chi connectivity index (χ4v) is 5.48. The van der Waals surface area contributed by atoms with Crippen molar-refractivity contribution >= 4 is 27.3 Å². The standard InChI is InChI=1S/C21H20F3N5O3S/c22-14-4-1-3-13(9-14)18-10-15(23)12-28(18)17-5-8-29-20(19(17)24)16(11-25-29)21(30)26-33(31,32)27-6-2-7-27/h1,3-5,8-9,11,15,18H,2,6-7,10,12H2,(H,26,30)/t15-,18+/m0/s1. The average molecular weight is 479 g/mol. The molecular formula is C21H20F3N5O3S. The molecule has 0 radical (unpaired) electrons. The van der Waals surface area contributed by atoms with Crippen LogP contribution in [0.15, 0.2) is 42.7 Å². The second-order valence-electron chi connectivity index (χ2n) is 8.11. The summed E-state index contributed by atoms with van der Waals surface area (Å²) in [6, 6.07) is 6.50. The second-order valence-corrected chi connectivity index (χ2v) is 9.78. The summed E-state index contributed by atoms with van der Waals surface area (Å²) in [5.41, 5.74) is 0.0134. The van der Waals surface area contributed by atoms with E-state index in [4.69, 9.17) is 0 Å².